The van der Waals surface area contributed by atoms with Crippen LogP contribution in [0.5, 0.6) is 0 Å². The van der Waals surface area contributed by atoms with Gasteiger partial charge in [-0.3, -0.25) is 0 Å². The van der Waals surface area contributed by atoms with E-state index in [1.807, 2.05) is 28.8 Å². The fourth-order valence-electron chi connectivity index (χ4n) is 1.86. The quantitative estimate of drug-likeness (QED) is 0.742. The van der Waals surface area contributed by atoms with E-state index >= 15 is 0 Å². The highest BCUT2D eigenvalue weighted by Gasteiger charge is 2.14. The Kier molecular flexibility index (Phi) is 2.38. The van der Waals surface area contributed by atoms with Crippen molar-refractivity contribution in [1.29, 1.82) is 0 Å². The summed E-state index contributed by atoms with van der Waals surface area (Å²) in [6.07, 6.45) is 3.31. The number of hydrogen-bond donors (Lipinski definition) is 1. The van der Waals surface area contributed by atoms with Gasteiger partial charge in [0, 0.05) is 12.7 Å². The molecule has 0 unspecified atom stereocenters. The van der Waals surface area contributed by atoms with Gasteiger partial charge in [0.2, 0.25) is 0 Å². The maximum Gasteiger partial charge on any atom is 0.178 e. The van der Waals surface area contributed by atoms with Gasteiger partial charge in [0.15, 0.2) is 17.2 Å². The van der Waals surface area contributed by atoms with Crippen LogP contribution in [-0.2, 0) is 6.54 Å². The maximum absolute atomic E-state index is 9.11. The first-order valence-corrected chi connectivity index (χ1v) is 5.36. The monoisotopic (exact) mass is 229 g/mol. The smallest absolute Gasteiger partial charge is 0.178 e. The molecule has 0 saturated carbocycles. The molecule has 0 saturated heterocycles. The van der Waals surface area contributed by atoms with E-state index in [0.29, 0.717) is 18.1 Å². The Hall–Kier alpha value is -2.14. The van der Waals surface area contributed by atoms with Gasteiger partial charge in [0.25, 0.3) is 0 Å². The minimum absolute atomic E-state index is 0.0374. The third kappa shape index (κ3) is 1.60. The Bertz CT molecular complexity index is 628. The van der Waals surface area contributed by atoms with Gasteiger partial charge < -0.3 is 14.1 Å². The van der Waals surface area contributed by atoms with E-state index in [2.05, 4.69) is 9.97 Å². The molecule has 0 aromatic carbocycles. The van der Waals surface area contributed by atoms with Crippen molar-refractivity contribution in [2.24, 2.45) is 0 Å². The van der Waals surface area contributed by atoms with Gasteiger partial charge in [0.05, 0.1) is 12.9 Å². The van der Waals surface area contributed by atoms with Crippen molar-refractivity contribution < 1.29 is 9.52 Å². The van der Waals surface area contributed by atoms with Crippen molar-refractivity contribution in [3.05, 3.63) is 36.7 Å². The number of pyridine rings is 1. The lowest BCUT2D eigenvalue weighted by molar-refractivity contribution is 0.278. The van der Waals surface area contributed by atoms with E-state index < -0.39 is 0 Å². The van der Waals surface area contributed by atoms with Gasteiger partial charge >= 0.3 is 0 Å². The number of aliphatic hydroxyl groups is 1. The molecule has 0 aliphatic rings. The topological polar surface area (TPSA) is 64.1 Å². The summed E-state index contributed by atoms with van der Waals surface area (Å²) < 4.78 is 7.20. The van der Waals surface area contributed by atoms with Gasteiger partial charge in [0.1, 0.15) is 5.52 Å². The molecule has 1 N–H and O–H groups in total. The summed E-state index contributed by atoms with van der Waals surface area (Å²) in [5.41, 5.74) is 1.56. The summed E-state index contributed by atoms with van der Waals surface area (Å²) >= 11 is 0. The molecule has 0 bridgehead atoms. The van der Waals surface area contributed by atoms with E-state index in [0.717, 1.165) is 11.2 Å². The minimum Gasteiger partial charge on any atom is -0.461 e. The van der Waals surface area contributed by atoms with E-state index in [4.69, 9.17) is 9.52 Å². The summed E-state index contributed by atoms with van der Waals surface area (Å²) in [7, 11) is 0. The van der Waals surface area contributed by atoms with Gasteiger partial charge in [-0.15, -0.1) is 0 Å². The second-order valence-corrected chi connectivity index (χ2v) is 3.63. The molecule has 3 heterocycles. The molecule has 0 fully saturated rings. The van der Waals surface area contributed by atoms with Crippen molar-refractivity contribution in [1.82, 2.24) is 14.5 Å². The predicted molar refractivity (Wildman–Crippen MR) is 62.3 cm³/mol. The zero-order valence-corrected chi connectivity index (χ0v) is 9.08. The van der Waals surface area contributed by atoms with Crippen LogP contribution in [0, 0.1) is 0 Å². The Labute approximate surface area is 97.3 Å². The molecule has 3 aromatic heterocycles. The van der Waals surface area contributed by atoms with Crippen LogP contribution in [0.4, 0.5) is 0 Å². The van der Waals surface area contributed by atoms with Gasteiger partial charge in [-0.2, -0.15) is 0 Å². The third-order valence-corrected chi connectivity index (χ3v) is 2.57. The number of rotatable bonds is 3. The van der Waals surface area contributed by atoms with Crippen LogP contribution in [0.25, 0.3) is 22.7 Å². The van der Waals surface area contributed by atoms with Gasteiger partial charge in [-0.25, -0.2) is 9.97 Å². The minimum atomic E-state index is 0.0374. The summed E-state index contributed by atoms with van der Waals surface area (Å²) in [6.45, 7) is 0.485. The largest absolute Gasteiger partial charge is 0.461 e. The number of aromatic nitrogens is 3. The van der Waals surface area contributed by atoms with Crippen LogP contribution < -0.4 is 0 Å². The van der Waals surface area contributed by atoms with Crippen LogP contribution >= 0.6 is 0 Å². The average Bonchev–Trinajstić information content (AvgIpc) is 2.97. The van der Waals surface area contributed by atoms with E-state index in [1.165, 1.54) is 0 Å². The lowest BCUT2D eigenvalue weighted by Gasteiger charge is -2.03. The number of aliphatic hydroxyl groups excluding tert-OH is 1. The first-order valence-electron chi connectivity index (χ1n) is 5.36. The van der Waals surface area contributed by atoms with Crippen molar-refractivity contribution >= 4 is 11.2 Å². The molecule has 0 atom stereocenters. The fraction of sp³-hybridized carbons (Fsp3) is 0.167. The van der Waals surface area contributed by atoms with Crippen LogP contribution in [0.15, 0.2) is 41.1 Å². The predicted octanol–water partition coefficient (Wildman–Crippen LogP) is 1.68. The second-order valence-electron chi connectivity index (χ2n) is 3.63. The van der Waals surface area contributed by atoms with Crippen molar-refractivity contribution in [3.8, 4) is 11.6 Å². The van der Waals surface area contributed by atoms with Crippen molar-refractivity contribution in [2.75, 3.05) is 6.61 Å². The Balaban J connectivity index is 2.26. The van der Waals surface area contributed by atoms with Crippen LogP contribution in [0.3, 0.4) is 0 Å². The molecule has 3 rings (SSSR count). The van der Waals surface area contributed by atoms with Crippen LogP contribution in [0.1, 0.15) is 0 Å². The molecular weight excluding hydrogens is 218 g/mol. The lowest BCUT2D eigenvalue weighted by Crippen LogP contribution is -2.04. The number of imidazole rings is 1. The molecular formula is C12H11N3O2. The Morgan fingerprint density at radius 2 is 2.24 bits per heavy atom. The van der Waals surface area contributed by atoms with Crippen molar-refractivity contribution in [3.63, 3.8) is 0 Å². The highest BCUT2D eigenvalue weighted by Crippen LogP contribution is 2.23. The van der Waals surface area contributed by atoms with Crippen molar-refractivity contribution in [2.45, 2.75) is 6.54 Å². The molecule has 0 spiro atoms. The Morgan fingerprint density at radius 1 is 1.29 bits per heavy atom. The highest BCUT2D eigenvalue weighted by atomic mass is 16.3. The molecule has 17 heavy (non-hydrogen) atoms. The molecule has 5 nitrogen and oxygen atoms in total. The first-order chi connectivity index (χ1) is 8.40. The maximum atomic E-state index is 9.11. The lowest BCUT2D eigenvalue weighted by atomic mass is 10.4. The average molecular weight is 229 g/mol. The molecule has 0 radical (unpaired) electrons. The summed E-state index contributed by atoms with van der Waals surface area (Å²) in [6, 6.07) is 7.38. The summed E-state index contributed by atoms with van der Waals surface area (Å²) in [5, 5.41) is 9.11. The zero-order valence-electron chi connectivity index (χ0n) is 9.08. The van der Waals surface area contributed by atoms with Gasteiger partial charge in [-0.05, 0) is 24.3 Å². The normalized spacial score (nSPS) is 11.1. The van der Waals surface area contributed by atoms with E-state index in [1.54, 1.807) is 12.5 Å². The summed E-state index contributed by atoms with van der Waals surface area (Å²) in [4.78, 5) is 8.75. The zero-order chi connectivity index (χ0) is 11.7. The van der Waals surface area contributed by atoms with Gasteiger partial charge in [-0.1, -0.05) is 0 Å². The highest BCUT2D eigenvalue weighted by molar-refractivity contribution is 5.75. The van der Waals surface area contributed by atoms with E-state index in [9.17, 15) is 0 Å². The van der Waals surface area contributed by atoms with Crippen LogP contribution in [-0.4, -0.2) is 26.2 Å². The molecule has 5 heteroatoms. The standard InChI is InChI=1S/C12H11N3O2/c16-7-6-15-11-9(3-1-5-13-11)14-12(15)10-4-2-8-17-10/h1-5,8,16H,6-7H2. The second kappa shape index (κ2) is 4.03. The first kappa shape index (κ1) is 10.0. The SMILES string of the molecule is OCCn1c(-c2ccco2)nc2cccnc21. The Morgan fingerprint density at radius 3 is 3.00 bits per heavy atom. The molecule has 0 aliphatic heterocycles. The molecule has 0 aliphatic carbocycles. The summed E-state index contributed by atoms with van der Waals surface area (Å²) in [5.74, 6) is 1.37. The molecule has 0 amide bonds. The molecule has 86 valence electrons. The number of nitrogens with zero attached hydrogens (tertiary/aromatic N) is 3. The molecule has 3 aromatic rings. The van der Waals surface area contributed by atoms with E-state index in [-0.39, 0.29) is 6.61 Å². The number of fused-ring (bicyclic) bond motifs is 1. The number of furan rings is 1. The fourth-order valence-corrected chi connectivity index (χ4v) is 1.86. The third-order valence-electron chi connectivity index (χ3n) is 2.57. The number of hydrogen-bond acceptors (Lipinski definition) is 4. The van der Waals surface area contributed by atoms with Crippen LogP contribution in [0.2, 0.25) is 0 Å².